The first-order chi connectivity index (χ1) is 14.1. The van der Waals surface area contributed by atoms with Crippen molar-refractivity contribution >= 4 is 29.0 Å². The Kier molecular flexibility index (Phi) is 6.23. The summed E-state index contributed by atoms with van der Waals surface area (Å²) in [6.07, 6.45) is -0.214. The second kappa shape index (κ2) is 8.53. The largest absolute Gasteiger partial charge is 0.387 e. The summed E-state index contributed by atoms with van der Waals surface area (Å²) in [6.45, 7) is 6.19. The summed E-state index contributed by atoms with van der Waals surface area (Å²) in [5, 5.41) is 20.3. The van der Waals surface area contributed by atoms with E-state index in [-0.39, 0.29) is 18.2 Å². The first-order valence-electron chi connectivity index (χ1n) is 9.49. The van der Waals surface area contributed by atoms with E-state index in [0.29, 0.717) is 28.0 Å². The number of rotatable bonds is 7. The molecule has 0 aliphatic heterocycles. The van der Waals surface area contributed by atoms with E-state index in [9.17, 15) is 14.3 Å². The number of fused-ring (bicyclic) bond motifs is 1. The Bertz CT molecular complexity index is 1060. The number of alkyl halides is 1. The molecule has 1 atom stereocenters. The lowest BCUT2D eigenvalue weighted by Crippen LogP contribution is -2.42. The quantitative estimate of drug-likeness (QED) is 0.493. The number of carbonyl (C=O) groups excluding carboxylic acids is 1. The van der Waals surface area contributed by atoms with Crippen molar-refractivity contribution < 1.29 is 14.3 Å². The van der Waals surface area contributed by atoms with Gasteiger partial charge in [-0.2, -0.15) is 9.61 Å². The fourth-order valence-corrected chi connectivity index (χ4v) is 2.88. The Balaban J connectivity index is 1.99. The number of nitrogens with zero attached hydrogens (tertiary/aromatic N) is 4. The molecule has 10 heteroatoms. The summed E-state index contributed by atoms with van der Waals surface area (Å²) in [4.78, 5) is 21.3. The zero-order valence-electron chi connectivity index (χ0n) is 17.1. The molecule has 0 aliphatic rings. The van der Waals surface area contributed by atoms with Crippen molar-refractivity contribution in [3.05, 3.63) is 41.2 Å². The topological polar surface area (TPSA) is 104 Å². The zero-order valence-corrected chi connectivity index (χ0v) is 17.9. The maximum absolute atomic E-state index is 14.0. The highest BCUT2D eigenvalue weighted by atomic mass is 35.5. The van der Waals surface area contributed by atoms with Crippen LogP contribution in [0.25, 0.3) is 17.0 Å². The van der Waals surface area contributed by atoms with Gasteiger partial charge in [-0.05, 0) is 39.8 Å². The number of halogens is 2. The Morgan fingerprint density at radius 2 is 2.07 bits per heavy atom. The van der Waals surface area contributed by atoms with Gasteiger partial charge in [-0.25, -0.2) is 14.4 Å². The fraction of sp³-hybridized carbons (Fsp3) is 0.400. The van der Waals surface area contributed by atoms with Crippen molar-refractivity contribution in [1.82, 2.24) is 24.9 Å². The first-order valence-corrected chi connectivity index (χ1v) is 9.87. The van der Waals surface area contributed by atoms with E-state index in [4.69, 9.17) is 11.6 Å². The highest BCUT2D eigenvalue weighted by Gasteiger charge is 2.27. The normalized spacial score (nSPS) is 12.9. The predicted molar refractivity (Wildman–Crippen MR) is 114 cm³/mol. The van der Waals surface area contributed by atoms with E-state index in [1.165, 1.54) is 24.6 Å². The lowest BCUT2D eigenvalue weighted by atomic mass is 10.0. The third-order valence-corrected chi connectivity index (χ3v) is 4.55. The smallest absolute Gasteiger partial charge is 0.256 e. The van der Waals surface area contributed by atoms with Crippen molar-refractivity contribution in [3.8, 4) is 11.4 Å². The molecule has 8 nitrogen and oxygen atoms in total. The van der Waals surface area contributed by atoms with Gasteiger partial charge in [-0.1, -0.05) is 17.7 Å². The molecule has 0 saturated carbocycles. The minimum absolute atomic E-state index is 0.00982. The molecule has 0 radical (unpaired) electrons. The number of carbonyl (C=O) groups is 1. The predicted octanol–water partition coefficient (Wildman–Crippen LogP) is 3.10. The fourth-order valence-electron chi connectivity index (χ4n) is 2.72. The Morgan fingerprint density at radius 1 is 1.33 bits per heavy atom. The van der Waals surface area contributed by atoms with E-state index in [1.54, 1.807) is 24.3 Å². The number of hydrogen-bond donors (Lipinski definition) is 3. The molecule has 0 bridgehead atoms. The van der Waals surface area contributed by atoms with Crippen LogP contribution in [0.15, 0.2) is 30.5 Å². The highest BCUT2D eigenvalue weighted by molar-refractivity contribution is 6.29. The average Bonchev–Trinajstić information content (AvgIpc) is 3.10. The van der Waals surface area contributed by atoms with E-state index in [2.05, 4.69) is 25.7 Å². The third kappa shape index (κ3) is 4.85. The molecule has 0 aromatic carbocycles. The molecule has 3 aromatic rings. The minimum atomic E-state index is -1.62. The van der Waals surface area contributed by atoms with E-state index in [0.717, 1.165) is 0 Å². The molecule has 3 N–H and O–H groups in total. The molecule has 0 saturated heterocycles. The van der Waals surface area contributed by atoms with Crippen LogP contribution < -0.4 is 10.6 Å². The van der Waals surface area contributed by atoms with E-state index >= 15 is 0 Å². The number of hydrogen-bond acceptors (Lipinski definition) is 6. The maximum Gasteiger partial charge on any atom is 0.256 e. The number of aliphatic hydroxyl groups is 1. The van der Waals surface area contributed by atoms with Crippen LogP contribution in [-0.2, 0) is 0 Å². The molecule has 0 fully saturated rings. The van der Waals surface area contributed by atoms with Gasteiger partial charge in [0.25, 0.3) is 5.91 Å². The van der Waals surface area contributed by atoms with Gasteiger partial charge in [0.15, 0.2) is 5.65 Å². The standard InChI is InChI=1S/C20H24ClFN6O2/c1-11(2)25-18-12(19(29)24-10-15(22)20(3,4)30)9-23-17-8-14(27-28(17)18)13-6-5-7-16(21)26-13/h5-9,11,15,25,30H,10H2,1-4H3,(H,24,29). The van der Waals surface area contributed by atoms with Crippen LogP contribution in [0.2, 0.25) is 5.15 Å². The van der Waals surface area contributed by atoms with Gasteiger partial charge >= 0.3 is 0 Å². The molecule has 0 aliphatic carbocycles. The van der Waals surface area contributed by atoms with Crippen LogP contribution in [0.3, 0.4) is 0 Å². The first kappa shape index (κ1) is 21.9. The van der Waals surface area contributed by atoms with Crippen LogP contribution >= 0.6 is 11.6 Å². The second-order valence-corrected chi connectivity index (χ2v) is 8.18. The Hall–Kier alpha value is -2.78. The van der Waals surface area contributed by atoms with Crippen molar-refractivity contribution in [3.63, 3.8) is 0 Å². The van der Waals surface area contributed by atoms with Crippen molar-refractivity contribution in [2.24, 2.45) is 0 Å². The molecular weight excluding hydrogens is 411 g/mol. The zero-order chi connectivity index (χ0) is 22.1. The number of anilines is 1. The number of amides is 1. The Labute approximate surface area is 178 Å². The average molecular weight is 435 g/mol. The summed E-state index contributed by atoms with van der Waals surface area (Å²) < 4.78 is 15.6. The van der Waals surface area contributed by atoms with Gasteiger partial charge in [0, 0.05) is 18.3 Å². The minimum Gasteiger partial charge on any atom is -0.387 e. The van der Waals surface area contributed by atoms with Crippen molar-refractivity contribution in [2.75, 3.05) is 11.9 Å². The Morgan fingerprint density at radius 3 is 2.70 bits per heavy atom. The molecule has 1 amide bonds. The van der Waals surface area contributed by atoms with Gasteiger partial charge in [0.2, 0.25) is 0 Å². The van der Waals surface area contributed by atoms with Crippen molar-refractivity contribution in [1.29, 1.82) is 0 Å². The van der Waals surface area contributed by atoms with Crippen LogP contribution in [0.4, 0.5) is 10.2 Å². The molecule has 1 unspecified atom stereocenters. The van der Waals surface area contributed by atoms with Crippen LogP contribution in [0.1, 0.15) is 38.1 Å². The molecule has 3 heterocycles. The summed E-state index contributed by atoms with van der Waals surface area (Å²) in [5.41, 5.74) is 0.259. The van der Waals surface area contributed by atoms with E-state index < -0.39 is 17.7 Å². The summed E-state index contributed by atoms with van der Waals surface area (Å²) in [7, 11) is 0. The van der Waals surface area contributed by atoms with Crippen LogP contribution in [0.5, 0.6) is 0 Å². The maximum atomic E-state index is 14.0. The van der Waals surface area contributed by atoms with E-state index in [1.807, 2.05) is 13.8 Å². The lowest BCUT2D eigenvalue weighted by molar-refractivity contribution is -0.00177. The van der Waals surface area contributed by atoms with Gasteiger partial charge < -0.3 is 15.7 Å². The highest BCUT2D eigenvalue weighted by Crippen LogP contribution is 2.23. The van der Waals surface area contributed by atoms with Crippen LogP contribution in [0, 0.1) is 0 Å². The third-order valence-electron chi connectivity index (χ3n) is 4.34. The summed E-state index contributed by atoms with van der Waals surface area (Å²) >= 11 is 5.98. The molecular formula is C20H24ClFN6O2. The van der Waals surface area contributed by atoms with Gasteiger partial charge in [0.1, 0.15) is 28.4 Å². The van der Waals surface area contributed by atoms with Gasteiger partial charge in [-0.15, -0.1) is 0 Å². The molecule has 160 valence electrons. The summed E-state index contributed by atoms with van der Waals surface area (Å²) in [5.74, 6) is -0.114. The molecule has 3 rings (SSSR count). The second-order valence-electron chi connectivity index (χ2n) is 7.80. The van der Waals surface area contributed by atoms with Gasteiger partial charge in [-0.3, -0.25) is 4.79 Å². The molecule has 3 aromatic heterocycles. The summed E-state index contributed by atoms with van der Waals surface area (Å²) in [6, 6.07) is 6.93. The number of nitrogens with one attached hydrogen (secondary N) is 2. The van der Waals surface area contributed by atoms with Crippen molar-refractivity contribution in [2.45, 2.75) is 45.5 Å². The monoisotopic (exact) mass is 434 g/mol. The number of pyridine rings is 1. The van der Waals surface area contributed by atoms with Gasteiger partial charge in [0.05, 0.1) is 17.8 Å². The number of aromatic nitrogens is 4. The SMILES string of the molecule is CC(C)Nc1c(C(=O)NCC(F)C(C)(C)O)cnc2cc(-c3cccc(Cl)n3)nn12. The molecule has 30 heavy (non-hydrogen) atoms. The van der Waals surface area contributed by atoms with Crippen LogP contribution in [-0.4, -0.2) is 55.0 Å². The lowest BCUT2D eigenvalue weighted by Gasteiger charge is -2.22. The molecule has 0 spiro atoms.